The summed E-state index contributed by atoms with van der Waals surface area (Å²) in [6, 6.07) is 8.90. The molecule has 0 aromatic heterocycles. The second-order valence-corrected chi connectivity index (χ2v) is 11.3. The summed E-state index contributed by atoms with van der Waals surface area (Å²) in [5.41, 5.74) is 0.841. The van der Waals surface area contributed by atoms with Gasteiger partial charge in [-0.15, -0.1) is 0 Å². The average Bonchev–Trinajstić information content (AvgIpc) is 2.94. The summed E-state index contributed by atoms with van der Waals surface area (Å²) in [4.78, 5) is 59.1. The number of likely N-dealkylation sites (tertiary alicyclic amines) is 1. The molecule has 0 aliphatic carbocycles. The van der Waals surface area contributed by atoms with Gasteiger partial charge in [0.15, 0.2) is 0 Å². The second-order valence-electron chi connectivity index (χ2n) is 11.3. The number of amides is 4. The summed E-state index contributed by atoms with van der Waals surface area (Å²) >= 11 is 0. The first kappa shape index (κ1) is 40.9. The molecule has 10 heteroatoms. The molecule has 0 spiro atoms. The van der Waals surface area contributed by atoms with Crippen LogP contribution >= 0.6 is 0 Å². The lowest BCUT2D eigenvalue weighted by atomic mass is 9.98. The Morgan fingerprint density at radius 3 is 1.90 bits per heavy atom. The van der Waals surface area contributed by atoms with Crippen molar-refractivity contribution < 1.29 is 24.0 Å². The predicted molar refractivity (Wildman–Crippen MR) is 170 cm³/mol. The first-order valence-corrected chi connectivity index (χ1v) is 15.1. The zero-order chi connectivity index (χ0) is 32.5. The third kappa shape index (κ3) is 23.4. The highest BCUT2D eigenvalue weighted by Gasteiger charge is 2.19. The highest BCUT2D eigenvalue weighted by atomic mass is 16.2. The van der Waals surface area contributed by atoms with Gasteiger partial charge in [-0.3, -0.25) is 24.0 Å². The van der Waals surface area contributed by atoms with Crippen LogP contribution in [0.15, 0.2) is 30.3 Å². The van der Waals surface area contributed by atoms with Gasteiger partial charge in [-0.05, 0) is 64.1 Å². The number of rotatable bonds is 11. The Balaban J connectivity index is 0. The monoisotopic (exact) mass is 591 g/mol. The van der Waals surface area contributed by atoms with Gasteiger partial charge in [0.25, 0.3) is 5.91 Å². The number of Topliss-reactive ketones (excluding diaryl/α,β-unsaturated/α-hetero) is 1. The number of hydrogen-bond acceptors (Lipinski definition) is 6. The fraction of sp³-hybridized carbons (Fsp3) is 0.656. The molecule has 1 heterocycles. The molecule has 0 unspecified atom stereocenters. The van der Waals surface area contributed by atoms with Crippen LogP contribution in [-0.2, 0) is 30.5 Å². The zero-order valence-corrected chi connectivity index (χ0v) is 27.4. The molecule has 10 nitrogen and oxygen atoms in total. The second kappa shape index (κ2) is 25.4. The normalized spacial score (nSPS) is 13.5. The summed E-state index contributed by atoms with van der Waals surface area (Å²) in [5.74, 6) is -0.984. The number of carbonyl (C=O) groups is 5. The van der Waals surface area contributed by atoms with E-state index in [1.807, 2.05) is 18.2 Å². The molecule has 240 valence electrons. The first-order chi connectivity index (χ1) is 19.8. The molecule has 2 rings (SSSR count). The van der Waals surface area contributed by atoms with Gasteiger partial charge in [-0.1, -0.05) is 78.3 Å². The number of benzene rings is 1. The van der Waals surface area contributed by atoms with E-state index in [1.165, 1.54) is 39.3 Å². The van der Waals surface area contributed by atoms with E-state index < -0.39 is 36.1 Å². The van der Waals surface area contributed by atoms with Crippen LogP contribution in [0.3, 0.4) is 0 Å². The number of nitrogens with zero attached hydrogens (tertiary/aromatic N) is 1. The molecule has 1 atom stereocenters. The van der Waals surface area contributed by atoms with Crippen LogP contribution in [0.25, 0.3) is 0 Å². The summed E-state index contributed by atoms with van der Waals surface area (Å²) in [7, 11) is 0. The van der Waals surface area contributed by atoms with E-state index in [2.05, 4.69) is 81.6 Å². The van der Waals surface area contributed by atoms with E-state index in [0.29, 0.717) is 6.41 Å². The summed E-state index contributed by atoms with van der Waals surface area (Å²) in [6.45, 7) is 21.2. The number of hydrogen-bond donors (Lipinski definition) is 4. The molecule has 0 saturated carbocycles. The van der Waals surface area contributed by atoms with Gasteiger partial charge >= 0.3 is 0 Å². The lowest BCUT2D eigenvalue weighted by Gasteiger charge is -2.33. The van der Waals surface area contributed by atoms with Crippen LogP contribution in [0.2, 0.25) is 0 Å². The van der Waals surface area contributed by atoms with Gasteiger partial charge < -0.3 is 26.2 Å². The topological polar surface area (TPSA) is 137 Å². The Kier molecular flexibility index (Phi) is 24.8. The van der Waals surface area contributed by atoms with Crippen molar-refractivity contribution >= 4 is 29.9 Å². The van der Waals surface area contributed by atoms with Crippen LogP contribution in [0, 0.1) is 11.8 Å². The van der Waals surface area contributed by atoms with E-state index >= 15 is 0 Å². The van der Waals surface area contributed by atoms with Gasteiger partial charge in [0.05, 0.1) is 13.1 Å². The molecule has 1 aliphatic rings. The van der Waals surface area contributed by atoms with Crippen LogP contribution in [-0.4, -0.2) is 73.1 Å². The molecule has 0 bridgehead atoms. The predicted octanol–water partition coefficient (Wildman–Crippen LogP) is 3.44. The van der Waals surface area contributed by atoms with Crippen molar-refractivity contribution in [3.8, 4) is 0 Å². The maximum absolute atomic E-state index is 11.8. The molecule has 1 saturated heterocycles. The van der Waals surface area contributed by atoms with Crippen LogP contribution in [0.1, 0.15) is 87.1 Å². The van der Waals surface area contributed by atoms with Crippen LogP contribution < -0.4 is 21.3 Å². The third-order valence-corrected chi connectivity index (χ3v) is 5.64. The van der Waals surface area contributed by atoms with Gasteiger partial charge in [0, 0.05) is 12.6 Å². The Labute approximate surface area is 254 Å². The largest absolute Gasteiger partial charge is 0.350 e. The quantitative estimate of drug-likeness (QED) is 0.230. The number of piperidine rings is 1. The first-order valence-electron chi connectivity index (χ1n) is 15.1. The number of nitrogens with one attached hydrogen (secondary N) is 4. The molecule has 1 fully saturated rings. The third-order valence-electron chi connectivity index (χ3n) is 5.64. The molecule has 1 aromatic carbocycles. The lowest BCUT2D eigenvalue weighted by Crippen LogP contribution is -2.49. The van der Waals surface area contributed by atoms with E-state index in [0.717, 1.165) is 23.4 Å². The minimum Gasteiger partial charge on any atom is -0.350 e. The summed E-state index contributed by atoms with van der Waals surface area (Å²) < 4.78 is 0. The molecule has 4 amide bonds. The van der Waals surface area contributed by atoms with E-state index in [9.17, 15) is 24.0 Å². The van der Waals surface area contributed by atoms with Crippen molar-refractivity contribution in [3.63, 3.8) is 0 Å². The Morgan fingerprint density at radius 1 is 0.905 bits per heavy atom. The fourth-order valence-corrected chi connectivity index (χ4v) is 3.31. The van der Waals surface area contributed by atoms with Crippen LogP contribution in [0.4, 0.5) is 0 Å². The maximum atomic E-state index is 11.8. The SMILES string of the molecule is CC(C)C.CC1CCN(C(C)C)CC1.CCC.C[C@H](NC(=O)CNC=O)C(=O)NCC(=O)C(=O)NCc1ccccc1. The zero-order valence-electron chi connectivity index (χ0n) is 27.4. The van der Waals surface area contributed by atoms with Crippen molar-refractivity contribution in [2.24, 2.45) is 11.8 Å². The molecular formula is C32H57N5O5. The minimum atomic E-state index is -0.916. The van der Waals surface area contributed by atoms with Crippen molar-refractivity contribution in [1.82, 2.24) is 26.2 Å². The molecule has 42 heavy (non-hydrogen) atoms. The highest BCUT2D eigenvalue weighted by molar-refractivity contribution is 6.37. The van der Waals surface area contributed by atoms with E-state index in [1.54, 1.807) is 12.1 Å². The molecule has 0 radical (unpaired) electrons. The summed E-state index contributed by atoms with van der Waals surface area (Å²) in [6.07, 6.45) is 4.41. The van der Waals surface area contributed by atoms with Crippen molar-refractivity contribution in [2.75, 3.05) is 26.2 Å². The Morgan fingerprint density at radius 2 is 1.43 bits per heavy atom. The van der Waals surface area contributed by atoms with Crippen molar-refractivity contribution in [1.29, 1.82) is 0 Å². The maximum Gasteiger partial charge on any atom is 0.289 e. The Bertz CT molecular complexity index is 882. The minimum absolute atomic E-state index is 0.204. The highest BCUT2D eigenvalue weighted by Crippen LogP contribution is 2.17. The van der Waals surface area contributed by atoms with E-state index in [4.69, 9.17) is 0 Å². The number of ketones is 1. The fourth-order valence-electron chi connectivity index (χ4n) is 3.31. The van der Waals surface area contributed by atoms with Crippen molar-refractivity contribution in [3.05, 3.63) is 35.9 Å². The van der Waals surface area contributed by atoms with Gasteiger partial charge in [0.1, 0.15) is 6.04 Å². The molecule has 4 N–H and O–H groups in total. The molecular weight excluding hydrogens is 534 g/mol. The van der Waals surface area contributed by atoms with Gasteiger partial charge in [-0.25, -0.2) is 0 Å². The average molecular weight is 592 g/mol. The molecule has 1 aliphatic heterocycles. The molecule has 1 aromatic rings. The van der Waals surface area contributed by atoms with Crippen molar-refractivity contribution in [2.45, 2.75) is 100 Å². The van der Waals surface area contributed by atoms with E-state index in [-0.39, 0.29) is 13.1 Å². The van der Waals surface area contributed by atoms with Gasteiger partial charge in [-0.2, -0.15) is 0 Å². The summed E-state index contributed by atoms with van der Waals surface area (Å²) in [5, 5.41) is 9.21. The van der Waals surface area contributed by atoms with Gasteiger partial charge in [0.2, 0.25) is 24.0 Å². The smallest absolute Gasteiger partial charge is 0.289 e. The lowest BCUT2D eigenvalue weighted by molar-refractivity contribution is -0.138. The van der Waals surface area contributed by atoms with Crippen LogP contribution in [0.5, 0.6) is 0 Å². The Hall–Kier alpha value is -3.27. The number of carbonyl (C=O) groups excluding carboxylic acids is 5. The standard InChI is InChI=1S/C16H20N4O5.C9H19N.C4H10.C3H8/c1-11(20-14(23)9-17-10-21)15(24)19-8-13(22)16(25)18-7-12-5-3-2-4-6-12;1-8(2)10-6-4-9(3)5-7-10;1-4(2)3;1-3-2/h2-6,10-11H,7-9H2,1H3,(H,17,21)(H,18,25)(H,19,24)(H,20,23);8-9H,4-7H2,1-3H3;4H,1-3H3;3H2,1-2H3/t11-;;;/m0.../s1.